The second kappa shape index (κ2) is 45.4. The molecule has 0 heterocycles. The largest absolute Gasteiger partial charge is 0.462 e. The Hall–Kier alpha value is -1.59. The van der Waals surface area contributed by atoms with Gasteiger partial charge in [-0.3, -0.25) is 14.4 Å². The first-order valence-corrected chi connectivity index (χ1v) is 26.6. The molecular weight excluding hydrogens is 745 g/mol. The molecule has 356 valence electrons. The minimum atomic E-state index is -0.763. The molecule has 0 aromatic heterocycles. The third-order valence-electron chi connectivity index (χ3n) is 12.5. The van der Waals surface area contributed by atoms with Crippen LogP contribution in [0.2, 0.25) is 0 Å². The molecule has 0 N–H and O–H groups in total. The first-order valence-electron chi connectivity index (χ1n) is 26.6. The summed E-state index contributed by atoms with van der Waals surface area (Å²) in [6.45, 7) is 13.7. The zero-order valence-corrected chi connectivity index (χ0v) is 41.3. The summed E-state index contributed by atoms with van der Waals surface area (Å²) >= 11 is 0. The van der Waals surface area contributed by atoms with Gasteiger partial charge in [0.2, 0.25) is 0 Å². The maximum absolute atomic E-state index is 12.8. The molecule has 0 fully saturated rings. The molecule has 1 unspecified atom stereocenters. The molecule has 0 saturated heterocycles. The quantitative estimate of drug-likeness (QED) is 0.0345. The van der Waals surface area contributed by atoms with E-state index in [1.54, 1.807) is 0 Å². The number of esters is 3. The van der Waals surface area contributed by atoms with Crippen molar-refractivity contribution in [1.82, 2.24) is 0 Å². The van der Waals surface area contributed by atoms with Gasteiger partial charge < -0.3 is 14.2 Å². The monoisotopic (exact) mass is 849 g/mol. The lowest BCUT2D eigenvalue weighted by molar-refractivity contribution is -0.167. The fraction of sp³-hybridized carbons (Fsp3) is 0.944. The van der Waals surface area contributed by atoms with Crippen molar-refractivity contribution < 1.29 is 28.6 Å². The molecule has 0 aromatic carbocycles. The van der Waals surface area contributed by atoms with E-state index >= 15 is 0 Å². The van der Waals surface area contributed by atoms with Crippen LogP contribution in [0, 0.1) is 17.8 Å². The average Bonchev–Trinajstić information content (AvgIpc) is 3.22. The number of unbranched alkanes of at least 4 members (excludes halogenated alkanes) is 29. The molecule has 6 nitrogen and oxygen atoms in total. The van der Waals surface area contributed by atoms with Crippen LogP contribution in [-0.2, 0) is 28.6 Å². The van der Waals surface area contributed by atoms with E-state index in [1.165, 1.54) is 173 Å². The van der Waals surface area contributed by atoms with Gasteiger partial charge in [0.05, 0.1) is 0 Å². The van der Waals surface area contributed by atoms with E-state index in [0.29, 0.717) is 19.3 Å². The van der Waals surface area contributed by atoms with Crippen LogP contribution in [0.25, 0.3) is 0 Å². The van der Waals surface area contributed by atoms with Gasteiger partial charge in [-0.2, -0.15) is 0 Å². The number of rotatable bonds is 47. The van der Waals surface area contributed by atoms with Gasteiger partial charge >= 0.3 is 17.9 Å². The zero-order chi connectivity index (χ0) is 44.2. The van der Waals surface area contributed by atoms with Gasteiger partial charge in [-0.25, -0.2) is 0 Å². The third-order valence-corrected chi connectivity index (χ3v) is 12.5. The summed E-state index contributed by atoms with van der Waals surface area (Å²) in [5.41, 5.74) is 0. The van der Waals surface area contributed by atoms with Crippen molar-refractivity contribution in [2.45, 2.75) is 298 Å². The van der Waals surface area contributed by atoms with Crippen molar-refractivity contribution in [3.05, 3.63) is 0 Å². The number of hydrogen-bond acceptors (Lipinski definition) is 6. The molecule has 6 heteroatoms. The maximum Gasteiger partial charge on any atom is 0.306 e. The minimum absolute atomic E-state index is 0.0650. The van der Waals surface area contributed by atoms with Crippen LogP contribution < -0.4 is 0 Å². The van der Waals surface area contributed by atoms with E-state index in [1.807, 2.05) is 0 Å². The molecule has 0 bridgehead atoms. The third kappa shape index (κ3) is 45.9. The molecule has 0 spiro atoms. The van der Waals surface area contributed by atoms with Gasteiger partial charge in [0.1, 0.15) is 13.2 Å². The van der Waals surface area contributed by atoms with E-state index < -0.39 is 6.10 Å². The molecule has 60 heavy (non-hydrogen) atoms. The van der Waals surface area contributed by atoms with E-state index in [-0.39, 0.29) is 31.1 Å². The number of ether oxygens (including phenoxy) is 3. The molecule has 2 atom stereocenters. The van der Waals surface area contributed by atoms with Gasteiger partial charge in [-0.15, -0.1) is 0 Å². The lowest BCUT2D eigenvalue weighted by atomic mass is 9.99. The number of hydrogen-bond donors (Lipinski definition) is 0. The van der Waals surface area contributed by atoms with E-state index in [4.69, 9.17) is 14.2 Å². The fourth-order valence-electron chi connectivity index (χ4n) is 8.08. The predicted molar refractivity (Wildman–Crippen MR) is 256 cm³/mol. The molecule has 0 aliphatic heterocycles. The summed E-state index contributed by atoms with van der Waals surface area (Å²) < 4.78 is 16.8. The van der Waals surface area contributed by atoms with Gasteiger partial charge in [0.25, 0.3) is 0 Å². The van der Waals surface area contributed by atoms with Crippen LogP contribution in [0.4, 0.5) is 0 Å². The van der Waals surface area contributed by atoms with Crippen LogP contribution in [0.3, 0.4) is 0 Å². The topological polar surface area (TPSA) is 78.9 Å². The Morgan fingerprint density at radius 2 is 0.583 bits per heavy atom. The van der Waals surface area contributed by atoms with Gasteiger partial charge in [0, 0.05) is 19.3 Å². The Labute approximate surface area is 374 Å². The Morgan fingerprint density at radius 1 is 0.333 bits per heavy atom. The van der Waals surface area contributed by atoms with Crippen LogP contribution in [-0.4, -0.2) is 37.2 Å². The summed E-state index contributed by atoms with van der Waals surface area (Å²) in [6, 6.07) is 0. The average molecular weight is 849 g/mol. The lowest BCUT2D eigenvalue weighted by Gasteiger charge is -2.18. The summed E-state index contributed by atoms with van der Waals surface area (Å²) in [6.07, 6.45) is 45.2. The molecular formula is C54H104O6. The summed E-state index contributed by atoms with van der Waals surface area (Å²) in [4.78, 5) is 37.9. The fourth-order valence-corrected chi connectivity index (χ4v) is 8.08. The molecule has 0 rings (SSSR count). The van der Waals surface area contributed by atoms with Crippen molar-refractivity contribution in [1.29, 1.82) is 0 Å². The van der Waals surface area contributed by atoms with Gasteiger partial charge in [-0.1, -0.05) is 253 Å². The summed E-state index contributed by atoms with van der Waals surface area (Å²) in [5, 5.41) is 0. The highest BCUT2D eigenvalue weighted by molar-refractivity contribution is 5.71. The van der Waals surface area contributed by atoms with Crippen LogP contribution in [0.5, 0.6) is 0 Å². The highest BCUT2D eigenvalue weighted by Crippen LogP contribution is 2.18. The minimum Gasteiger partial charge on any atom is -0.462 e. The second-order valence-corrected chi connectivity index (χ2v) is 19.7. The Kier molecular flexibility index (Phi) is 44.2. The molecule has 0 saturated carbocycles. The van der Waals surface area contributed by atoms with Crippen LogP contribution in [0.1, 0.15) is 292 Å². The Balaban J connectivity index is 4.26. The van der Waals surface area contributed by atoms with Crippen molar-refractivity contribution in [3.63, 3.8) is 0 Å². The highest BCUT2D eigenvalue weighted by Gasteiger charge is 2.19. The van der Waals surface area contributed by atoms with E-state index in [0.717, 1.165) is 75.5 Å². The first kappa shape index (κ1) is 58.4. The molecule has 0 aromatic rings. The molecule has 0 aliphatic rings. The van der Waals surface area contributed by atoms with Crippen LogP contribution >= 0.6 is 0 Å². The highest BCUT2D eigenvalue weighted by atomic mass is 16.6. The molecule has 0 amide bonds. The normalized spacial score (nSPS) is 12.6. The van der Waals surface area contributed by atoms with Crippen molar-refractivity contribution in [3.8, 4) is 0 Å². The van der Waals surface area contributed by atoms with Crippen LogP contribution in [0.15, 0.2) is 0 Å². The van der Waals surface area contributed by atoms with Crippen molar-refractivity contribution in [2.24, 2.45) is 17.8 Å². The van der Waals surface area contributed by atoms with Gasteiger partial charge in [-0.05, 0) is 37.0 Å². The second-order valence-electron chi connectivity index (χ2n) is 19.7. The molecule has 0 aliphatic carbocycles. The maximum atomic E-state index is 12.8. The smallest absolute Gasteiger partial charge is 0.306 e. The van der Waals surface area contributed by atoms with Crippen molar-refractivity contribution >= 4 is 17.9 Å². The summed E-state index contributed by atoms with van der Waals surface area (Å²) in [7, 11) is 0. The predicted octanol–water partition coefficient (Wildman–Crippen LogP) is 17.2. The zero-order valence-electron chi connectivity index (χ0n) is 41.3. The number of carbonyl (C=O) groups excluding carboxylic acids is 3. The first-order chi connectivity index (χ1) is 29.1. The standard InChI is InChI=1S/C54H104O6/c1-7-50(6)42-36-30-24-19-21-27-33-39-45-54(57)60-51(47-59-53(56)44-38-32-26-20-18-23-29-35-41-49(4)5)46-58-52(55)43-37-31-25-17-15-13-11-9-8-10-12-14-16-22-28-34-40-48(2)3/h48-51H,7-47H2,1-6H3/t50?,51-/m0/s1. The van der Waals surface area contributed by atoms with Gasteiger partial charge in [0.15, 0.2) is 6.10 Å². The van der Waals surface area contributed by atoms with E-state index in [9.17, 15) is 14.4 Å². The summed E-state index contributed by atoms with van der Waals surface area (Å²) in [5.74, 6) is 1.64. The Bertz CT molecular complexity index is 931. The Morgan fingerprint density at radius 3 is 0.867 bits per heavy atom. The SMILES string of the molecule is CCC(C)CCCCCCCCCCC(=O)O[C@@H](COC(=O)CCCCCCCCCCCCCCCCCCC(C)C)COC(=O)CCCCCCCCCCC(C)C. The van der Waals surface area contributed by atoms with Crippen molar-refractivity contribution in [2.75, 3.05) is 13.2 Å². The van der Waals surface area contributed by atoms with E-state index in [2.05, 4.69) is 41.5 Å². The molecule has 0 radical (unpaired) electrons. The number of carbonyl (C=O) groups is 3. The lowest BCUT2D eigenvalue weighted by Crippen LogP contribution is -2.30.